The Morgan fingerprint density at radius 3 is 3.08 bits per heavy atom. The summed E-state index contributed by atoms with van der Waals surface area (Å²) in [4.78, 5) is 10.5. The van der Waals surface area contributed by atoms with E-state index in [9.17, 15) is 4.79 Å². The predicted octanol–water partition coefficient (Wildman–Crippen LogP) is 1.10. The standard InChI is InChI=1S/C9H13N2OS/c1-13-11-6-4-8(5-7-11)2-3-9(10)12/h2,4-6H,3,7H2,1H3,(H2,10,12). The molecule has 4 heteroatoms. The molecule has 1 heterocycles. The van der Waals surface area contributed by atoms with Gasteiger partial charge in [0.2, 0.25) is 5.91 Å². The van der Waals surface area contributed by atoms with E-state index in [0.717, 1.165) is 12.1 Å². The molecule has 0 aliphatic carbocycles. The van der Waals surface area contributed by atoms with Crippen molar-refractivity contribution in [2.24, 2.45) is 5.73 Å². The molecule has 1 radical (unpaired) electrons. The van der Waals surface area contributed by atoms with Crippen LogP contribution >= 0.6 is 11.9 Å². The van der Waals surface area contributed by atoms with Gasteiger partial charge >= 0.3 is 0 Å². The molecule has 0 atom stereocenters. The fourth-order valence-corrected chi connectivity index (χ4v) is 1.40. The van der Waals surface area contributed by atoms with Gasteiger partial charge in [-0.05, 0) is 18.1 Å². The first-order valence-electron chi connectivity index (χ1n) is 4.03. The Bertz CT molecular complexity index is 248. The molecule has 0 unspecified atom stereocenters. The summed E-state index contributed by atoms with van der Waals surface area (Å²) in [6, 6.07) is 0. The normalized spacial score (nSPS) is 15.8. The van der Waals surface area contributed by atoms with E-state index >= 15 is 0 Å². The van der Waals surface area contributed by atoms with Crippen molar-refractivity contribution in [3.63, 3.8) is 0 Å². The van der Waals surface area contributed by atoms with Crippen molar-refractivity contribution in [1.82, 2.24) is 4.31 Å². The molecule has 1 aliphatic rings. The lowest BCUT2D eigenvalue weighted by atomic mass is 10.1. The first-order valence-corrected chi connectivity index (χ1v) is 5.21. The van der Waals surface area contributed by atoms with Gasteiger partial charge in [-0.3, -0.25) is 4.79 Å². The van der Waals surface area contributed by atoms with Crippen LogP contribution in [0.3, 0.4) is 0 Å². The van der Waals surface area contributed by atoms with Gasteiger partial charge < -0.3 is 10.0 Å². The summed E-state index contributed by atoms with van der Waals surface area (Å²) in [5, 5.41) is 0. The van der Waals surface area contributed by atoms with Crippen molar-refractivity contribution < 1.29 is 4.79 Å². The molecule has 0 aromatic heterocycles. The number of rotatable bonds is 4. The number of hydrogen-bond donors (Lipinski definition) is 1. The average molecular weight is 197 g/mol. The predicted molar refractivity (Wildman–Crippen MR) is 55.6 cm³/mol. The largest absolute Gasteiger partial charge is 0.370 e. The van der Waals surface area contributed by atoms with Gasteiger partial charge in [0.1, 0.15) is 0 Å². The monoisotopic (exact) mass is 197 g/mol. The molecule has 0 aromatic carbocycles. The number of nitrogens with zero attached hydrogens (tertiary/aromatic N) is 1. The Morgan fingerprint density at radius 2 is 2.62 bits per heavy atom. The number of hydrogen-bond acceptors (Lipinski definition) is 3. The van der Waals surface area contributed by atoms with E-state index < -0.39 is 0 Å². The Kier molecular flexibility index (Phi) is 3.89. The molecule has 0 fully saturated rings. The van der Waals surface area contributed by atoms with Crippen LogP contribution in [0.4, 0.5) is 0 Å². The first-order chi connectivity index (χ1) is 6.22. The third-order valence-corrected chi connectivity index (χ3v) is 2.45. The van der Waals surface area contributed by atoms with Gasteiger partial charge in [-0.15, -0.1) is 0 Å². The topological polar surface area (TPSA) is 46.3 Å². The fourth-order valence-electron chi connectivity index (χ4n) is 0.999. The second-order valence-corrected chi connectivity index (χ2v) is 3.51. The van der Waals surface area contributed by atoms with Crippen LogP contribution in [0.15, 0.2) is 23.9 Å². The molecule has 1 amide bonds. The quantitative estimate of drug-likeness (QED) is 0.686. The van der Waals surface area contributed by atoms with E-state index in [-0.39, 0.29) is 5.91 Å². The lowest BCUT2D eigenvalue weighted by Gasteiger charge is -2.18. The number of amides is 1. The Morgan fingerprint density at radius 1 is 1.85 bits per heavy atom. The van der Waals surface area contributed by atoms with E-state index in [1.165, 1.54) is 0 Å². The van der Waals surface area contributed by atoms with Gasteiger partial charge in [-0.2, -0.15) is 0 Å². The Balaban J connectivity index is 2.34. The lowest BCUT2D eigenvalue weighted by Crippen LogP contribution is -2.13. The van der Waals surface area contributed by atoms with E-state index in [4.69, 9.17) is 5.73 Å². The highest BCUT2D eigenvalue weighted by Crippen LogP contribution is 2.15. The van der Waals surface area contributed by atoms with Crippen molar-refractivity contribution >= 4 is 17.9 Å². The van der Waals surface area contributed by atoms with Crippen LogP contribution in [0.1, 0.15) is 6.42 Å². The summed E-state index contributed by atoms with van der Waals surface area (Å²) < 4.78 is 2.10. The zero-order valence-corrected chi connectivity index (χ0v) is 8.38. The molecule has 0 saturated carbocycles. The van der Waals surface area contributed by atoms with Crippen LogP contribution in [0.25, 0.3) is 0 Å². The van der Waals surface area contributed by atoms with Gasteiger partial charge in [0.05, 0.1) is 0 Å². The van der Waals surface area contributed by atoms with Gasteiger partial charge in [0.15, 0.2) is 0 Å². The third-order valence-electron chi connectivity index (χ3n) is 1.71. The molecule has 1 rings (SSSR count). The highest BCUT2D eigenvalue weighted by molar-refractivity contribution is 7.96. The van der Waals surface area contributed by atoms with Crippen LogP contribution in [-0.4, -0.2) is 23.0 Å². The third kappa shape index (κ3) is 3.55. The van der Waals surface area contributed by atoms with Gasteiger partial charge in [-0.25, -0.2) is 0 Å². The number of nitrogens with two attached hydrogens (primary N) is 1. The summed E-state index contributed by atoms with van der Waals surface area (Å²) in [5.74, 6) is -0.290. The van der Waals surface area contributed by atoms with E-state index in [1.807, 2.05) is 25.0 Å². The molecular formula is C9H13N2OS. The maximum atomic E-state index is 10.5. The van der Waals surface area contributed by atoms with Crippen molar-refractivity contribution in [2.45, 2.75) is 6.42 Å². The average Bonchev–Trinajstić information content (AvgIpc) is 2.15. The lowest BCUT2D eigenvalue weighted by molar-refractivity contribution is -0.117. The summed E-state index contributed by atoms with van der Waals surface area (Å²) in [7, 11) is 0. The number of primary amides is 1. The number of carbonyl (C=O) groups is 1. The van der Waals surface area contributed by atoms with Gasteiger partial charge in [0.25, 0.3) is 0 Å². The van der Waals surface area contributed by atoms with Crippen LogP contribution in [0, 0.1) is 6.42 Å². The SMILES string of the molecule is CSN1C=CC([CH]CC(N)=O)=CC1. The van der Waals surface area contributed by atoms with Gasteiger partial charge in [-0.1, -0.05) is 18.0 Å². The minimum absolute atomic E-state index is 0.290. The molecule has 0 bridgehead atoms. The smallest absolute Gasteiger partial charge is 0.218 e. The van der Waals surface area contributed by atoms with Crippen molar-refractivity contribution in [2.75, 3.05) is 12.8 Å². The maximum absolute atomic E-state index is 10.5. The van der Waals surface area contributed by atoms with Crippen LogP contribution in [0.2, 0.25) is 0 Å². The molecule has 1 aliphatic heterocycles. The van der Waals surface area contributed by atoms with Gasteiger partial charge in [0, 0.05) is 25.4 Å². The molecule has 0 saturated heterocycles. The second-order valence-electron chi connectivity index (χ2n) is 2.68. The molecule has 13 heavy (non-hydrogen) atoms. The van der Waals surface area contributed by atoms with E-state index in [1.54, 1.807) is 11.9 Å². The summed E-state index contributed by atoms with van der Waals surface area (Å²) in [6.45, 7) is 0.877. The summed E-state index contributed by atoms with van der Waals surface area (Å²) >= 11 is 1.67. The van der Waals surface area contributed by atoms with Crippen LogP contribution in [0.5, 0.6) is 0 Å². The second kappa shape index (κ2) is 4.97. The molecule has 2 N–H and O–H groups in total. The number of carbonyl (C=O) groups excluding carboxylic acids is 1. The van der Waals surface area contributed by atoms with E-state index in [2.05, 4.69) is 10.4 Å². The maximum Gasteiger partial charge on any atom is 0.218 e. The Labute approximate surface area is 82.8 Å². The minimum atomic E-state index is -0.290. The molecule has 0 spiro atoms. The molecule has 3 nitrogen and oxygen atoms in total. The van der Waals surface area contributed by atoms with Crippen LogP contribution < -0.4 is 5.73 Å². The molecule has 0 aromatic rings. The van der Waals surface area contributed by atoms with Crippen LogP contribution in [-0.2, 0) is 4.79 Å². The van der Waals surface area contributed by atoms with Crippen molar-refractivity contribution in [1.29, 1.82) is 0 Å². The summed E-state index contributed by atoms with van der Waals surface area (Å²) in [5.41, 5.74) is 6.10. The summed E-state index contributed by atoms with van der Waals surface area (Å²) in [6.07, 6.45) is 10.2. The molecule has 71 valence electrons. The first kappa shape index (κ1) is 10.2. The van der Waals surface area contributed by atoms with Crippen molar-refractivity contribution in [3.8, 4) is 0 Å². The minimum Gasteiger partial charge on any atom is -0.370 e. The molecular weight excluding hydrogens is 184 g/mol. The Hall–Kier alpha value is -0.900. The highest BCUT2D eigenvalue weighted by atomic mass is 32.2. The highest BCUT2D eigenvalue weighted by Gasteiger charge is 2.04. The zero-order valence-electron chi connectivity index (χ0n) is 7.56. The fraction of sp³-hybridized carbons (Fsp3) is 0.333. The van der Waals surface area contributed by atoms with E-state index in [0.29, 0.717) is 6.42 Å². The number of allylic oxidation sites excluding steroid dienone is 2. The zero-order chi connectivity index (χ0) is 9.68. The van der Waals surface area contributed by atoms with Crippen molar-refractivity contribution in [3.05, 3.63) is 30.3 Å².